The number of fused-ring (bicyclic) bond motifs is 9. The van der Waals surface area contributed by atoms with Crippen LogP contribution in [0.3, 0.4) is 0 Å². The van der Waals surface area contributed by atoms with Gasteiger partial charge in [0.2, 0.25) is 0 Å². The summed E-state index contributed by atoms with van der Waals surface area (Å²) >= 11 is 0. The molecule has 0 spiro atoms. The number of nitrogens with zero attached hydrogens (tertiary/aromatic N) is 2. The molecule has 0 aliphatic rings. The second-order valence-electron chi connectivity index (χ2n) is 16.4. The fourth-order valence-corrected chi connectivity index (χ4v) is 9.58. The number of rotatable bonds is 6. The van der Waals surface area contributed by atoms with E-state index in [2.05, 4.69) is 209 Å². The molecule has 4 nitrogen and oxygen atoms in total. The van der Waals surface area contributed by atoms with Crippen molar-refractivity contribution in [3.8, 4) is 0 Å². The molecule has 0 unspecified atom stereocenters. The first-order valence-electron chi connectivity index (χ1n) is 20.8. The highest BCUT2D eigenvalue weighted by Crippen LogP contribution is 2.47. The van der Waals surface area contributed by atoms with Crippen LogP contribution in [0.4, 0.5) is 34.1 Å². The molecule has 9 aromatic carbocycles. The Morgan fingerprint density at radius 3 is 1.10 bits per heavy atom. The van der Waals surface area contributed by atoms with E-state index in [0.717, 1.165) is 99.3 Å². The number of para-hydroxylation sites is 4. The molecular weight excluding hydrogens is 733 g/mol. The summed E-state index contributed by atoms with van der Waals surface area (Å²) in [6.45, 7) is 13.1. The van der Waals surface area contributed by atoms with Crippen molar-refractivity contribution in [2.45, 2.75) is 41.5 Å². The molecule has 290 valence electrons. The third-order valence-electron chi connectivity index (χ3n) is 12.6. The van der Waals surface area contributed by atoms with Crippen LogP contribution in [0.5, 0.6) is 0 Å². The molecule has 11 rings (SSSR count). The minimum Gasteiger partial charge on any atom is -0.456 e. The molecule has 0 radical (unpaired) electrons. The number of benzene rings is 9. The second-order valence-corrected chi connectivity index (χ2v) is 16.4. The molecule has 0 saturated carbocycles. The zero-order chi connectivity index (χ0) is 40.8. The van der Waals surface area contributed by atoms with Gasteiger partial charge in [-0.3, -0.25) is 0 Å². The van der Waals surface area contributed by atoms with Gasteiger partial charge in [-0.05, 0) is 169 Å². The van der Waals surface area contributed by atoms with Gasteiger partial charge in [0.25, 0.3) is 0 Å². The lowest BCUT2D eigenvalue weighted by Crippen LogP contribution is -2.12. The van der Waals surface area contributed by atoms with Crippen LogP contribution in [0, 0.1) is 41.5 Å². The largest absolute Gasteiger partial charge is 0.456 e. The molecule has 0 aliphatic heterocycles. The van der Waals surface area contributed by atoms with Crippen molar-refractivity contribution in [2.75, 3.05) is 9.80 Å². The van der Waals surface area contributed by atoms with E-state index < -0.39 is 0 Å². The maximum Gasteiger partial charge on any atom is 0.139 e. The first kappa shape index (κ1) is 35.8. The first-order valence-corrected chi connectivity index (χ1v) is 20.8. The minimum absolute atomic E-state index is 0.871. The molecule has 0 aliphatic carbocycles. The molecule has 60 heavy (non-hydrogen) atoms. The van der Waals surface area contributed by atoms with Crippen LogP contribution < -0.4 is 9.80 Å². The lowest BCUT2D eigenvalue weighted by atomic mass is 9.96. The Kier molecular flexibility index (Phi) is 8.15. The molecule has 0 amide bonds. The van der Waals surface area contributed by atoms with Gasteiger partial charge in [-0.1, -0.05) is 84.9 Å². The molecule has 4 heteroatoms. The summed E-state index contributed by atoms with van der Waals surface area (Å²) in [4.78, 5) is 4.75. The molecule has 0 N–H and O–H groups in total. The van der Waals surface area contributed by atoms with Crippen LogP contribution >= 0.6 is 0 Å². The molecule has 0 bridgehead atoms. The summed E-state index contributed by atoms with van der Waals surface area (Å²) in [5, 5.41) is 8.98. The normalized spacial score (nSPS) is 11.8. The predicted molar refractivity (Wildman–Crippen MR) is 254 cm³/mol. The maximum atomic E-state index is 6.88. The Bertz CT molecular complexity index is 3230. The van der Waals surface area contributed by atoms with Gasteiger partial charge in [0.15, 0.2) is 0 Å². The highest BCUT2D eigenvalue weighted by molar-refractivity contribution is 6.29. The number of hydrogen-bond donors (Lipinski definition) is 0. The van der Waals surface area contributed by atoms with Crippen molar-refractivity contribution >= 4 is 99.5 Å². The van der Waals surface area contributed by atoms with Crippen molar-refractivity contribution in [3.63, 3.8) is 0 Å². The molecule has 0 atom stereocenters. The van der Waals surface area contributed by atoms with Crippen LogP contribution in [0.2, 0.25) is 0 Å². The van der Waals surface area contributed by atoms with Crippen LogP contribution in [0.25, 0.3) is 65.4 Å². The summed E-state index contributed by atoms with van der Waals surface area (Å²) in [6, 6.07) is 56.9. The molecule has 11 aromatic rings. The van der Waals surface area contributed by atoms with Gasteiger partial charge >= 0.3 is 0 Å². The molecule has 0 saturated heterocycles. The molecule has 2 heterocycles. The Morgan fingerprint density at radius 2 is 0.717 bits per heavy atom. The zero-order valence-electron chi connectivity index (χ0n) is 34.7. The van der Waals surface area contributed by atoms with Gasteiger partial charge in [-0.25, -0.2) is 0 Å². The van der Waals surface area contributed by atoms with E-state index in [1.807, 2.05) is 0 Å². The summed E-state index contributed by atoms with van der Waals surface area (Å²) in [5.74, 6) is 0. The Labute approximate surface area is 349 Å². The Balaban J connectivity index is 1.09. The van der Waals surface area contributed by atoms with Crippen molar-refractivity contribution in [1.29, 1.82) is 0 Å². The van der Waals surface area contributed by atoms with Crippen molar-refractivity contribution in [3.05, 3.63) is 191 Å². The summed E-state index contributed by atoms with van der Waals surface area (Å²) in [7, 11) is 0. The lowest BCUT2D eigenvalue weighted by Gasteiger charge is -2.29. The molecule has 0 fully saturated rings. The smallest absolute Gasteiger partial charge is 0.139 e. The Morgan fingerprint density at radius 1 is 0.333 bits per heavy atom. The van der Waals surface area contributed by atoms with E-state index in [1.165, 1.54) is 33.6 Å². The molecular formula is C56H44N2O2. The quantitative estimate of drug-likeness (QED) is 0.168. The van der Waals surface area contributed by atoms with E-state index in [1.54, 1.807) is 0 Å². The highest BCUT2D eigenvalue weighted by Gasteiger charge is 2.24. The third-order valence-corrected chi connectivity index (χ3v) is 12.6. The number of anilines is 6. The van der Waals surface area contributed by atoms with Crippen LogP contribution in [0.1, 0.15) is 33.4 Å². The van der Waals surface area contributed by atoms with Crippen LogP contribution in [0.15, 0.2) is 167 Å². The zero-order valence-corrected chi connectivity index (χ0v) is 34.7. The van der Waals surface area contributed by atoms with Gasteiger partial charge in [0.1, 0.15) is 22.3 Å². The van der Waals surface area contributed by atoms with Crippen molar-refractivity contribution < 1.29 is 8.83 Å². The number of hydrogen-bond acceptors (Lipinski definition) is 4. The topological polar surface area (TPSA) is 32.8 Å². The van der Waals surface area contributed by atoms with Crippen molar-refractivity contribution in [2.24, 2.45) is 0 Å². The van der Waals surface area contributed by atoms with Crippen molar-refractivity contribution in [1.82, 2.24) is 0 Å². The van der Waals surface area contributed by atoms with E-state index >= 15 is 0 Å². The van der Waals surface area contributed by atoms with Gasteiger partial charge in [-0.2, -0.15) is 0 Å². The average Bonchev–Trinajstić information content (AvgIpc) is 3.81. The summed E-state index contributed by atoms with van der Waals surface area (Å²) < 4.78 is 13.8. The second kappa shape index (κ2) is 13.6. The van der Waals surface area contributed by atoms with E-state index in [4.69, 9.17) is 8.83 Å². The highest BCUT2D eigenvalue weighted by atomic mass is 16.3. The van der Waals surface area contributed by atoms with E-state index in [0.29, 0.717) is 0 Å². The lowest BCUT2D eigenvalue weighted by molar-refractivity contribution is 0.657. The Hall–Kier alpha value is -7.30. The van der Waals surface area contributed by atoms with E-state index in [9.17, 15) is 0 Å². The monoisotopic (exact) mass is 776 g/mol. The van der Waals surface area contributed by atoms with Gasteiger partial charge in [0.05, 0.1) is 11.4 Å². The summed E-state index contributed by atoms with van der Waals surface area (Å²) in [5.41, 5.74) is 17.5. The fourth-order valence-electron chi connectivity index (χ4n) is 9.58. The third kappa shape index (κ3) is 5.51. The predicted octanol–water partition coefficient (Wildman–Crippen LogP) is 16.6. The summed E-state index contributed by atoms with van der Waals surface area (Å²) in [6.07, 6.45) is 0. The standard InChI is InChI=1S/C56H44N2O2/c1-33-15-13-16-34(2)53(33)57(43-19-9-7-10-20-43)45-25-23-39-29-47-49(31-41(39)27-45)59-55-37(5)38(6)56-52(51(47)55)48-30-40-24-26-46(28-42(40)32-50(48)60-56)58(44-21-11-8-12-22-44)54-35(3)17-14-18-36(54)4/h7-32H,1-6H3. The first-order chi connectivity index (χ1) is 29.2. The number of aryl methyl sites for hydroxylation is 6. The SMILES string of the molecule is Cc1cccc(C)c1N(c1ccccc1)c1ccc2cc3c(cc2c1)oc1c(C)c(C)c2oc4cc5cc(N(c6ccccc6)c6c(C)cccc6C)ccc5cc4c2c13. The fraction of sp³-hybridized carbons (Fsp3) is 0.107. The van der Waals surface area contributed by atoms with E-state index in [-0.39, 0.29) is 0 Å². The van der Waals surface area contributed by atoms with Crippen LogP contribution in [-0.4, -0.2) is 0 Å². The van der Waals surface area contributed by atoms with Gasteiger partial charge in [0, 0.05) is 44.3 Å². The average molecular weight is 777 g/mol. The molecule has 2 aromatic heterocycles. The maximum absolute atomic E-state index is 6.88. The van der Waals surface area contributed by atoms with Gasteiger partial charge in [-0.15, -0.1) is 0 Å². The minimum atomic E-state index is 0.871. The van der Waals surface area contributed by atoms with Crippen LogP contribution in [-0.2, 0) is 0 Å². The van der Waals surface area contributed by atoms with Gasteiger partial charge < -0.3 is 18.6 Å². The number of furan rings is 2.